The van der Waals surface area contributed by atoms with Gasteiger partial charge in [0.05, 0.1) is 23.8 Å². The summed E-state index contributed by atoms with van der Waals surface area (Å²) in [7, 11) is 0. The van der Waals surface area contributed by atoms with Crippen molar-refractivity contribution < 1.29 is 4.74 Å². The van der Waals surface area contributed by atoms with Crippen molar-refractivity contribution in [3.05, 3.63) is 29.3 Å². The molecule has 2 saturated heterocycles. The van der Waals surface area contributed by atoms with Gasteiger partial charge in [0.15, 0.2) is 0 Å². The fraction of sp³-hybridized carbons (Fsp3) is 0.611. The highest BCUT2D eigenvalue weighted by Crippen LogP contribution is 2.29. The molecule has 2 fully saturated rings. The number of thiophene rings is 1. The van der Waals surface area contributed by atoms with E-state index in [0.717, 1.165) is 38.5 Å². The molecule has 0 unspecified atom stereocenters. The molecule has 4 rings (SSSR count). The summed E-state index contributed by atoms with van der Waals surface area (Å²) in [5, 5.41) is 7.12. The van der Waals surface area contributed by atoms with E-state index < -0.39 is 0 Å². The smallest absolute Gasteiger partial charge is 0.0749 e. The maximum atomic E-state index is 5.49. The van der Waals surface area contributed by atoms with Crippen molar-refractivity contribution in [2.24, 2.45) is 0 Å². The SMILES string of the molecule is c1cc(-c2ccc(CN3CCCC[C@@H]3CN3CCOCC3)s2)[nH]n1. The van der Waals surface area contributed by atoms with E-state index in [9.17, 15) is 0 Å². The molecule has 4 heterocycles. The molecule has 6 heteroatoms. The molecule has 0 radical (unpaired) electrons. The van der Waals surface area contributed by atoms with E-state index in [1.54, 1.807) is 0 Å². The quantitative estimate of drug-likeness (QED) is 0.904. The molecule has 2 aromatic heterocycles. The van der Waals surface area contributed by atoms with Gasteiger partial charge in [-0.3, -0.25) is 14.9 Å². The Morgan fingerprint density at radius 1 is 1.17 bits per heavy atom. The molecule has 0 bridgehead atoms. The first kappa shape index (κ1) is 16.3. The number of hydrogen-bond acceptors (Lipinski definition) is 5. The van der Waals surface area contributed by atoms with Gasteiger partial charge in [-0.2, -0.15) is 5.10 Å². The van der Waals surface area contributed by atoms with E-state index in [1.807, 2.05) is 23.6 Å². The number of nitrogens with one attached hydrogen (secondary N) is 1. The number of morpholine rings is 1. The highest BCUT2D eigenvalue weighted by Gasteiger charge is 2.25. The number of rotatable bonds is 5. The van der Waals surface area contributed by atoms with Gasteiger partial charge in [-0.05, 0) is 37.6 Å². The number of piperidine rings is 1. The molecule has 1 N–H and O–H groups in total. The highest BCUT2D eigenvalue weighted by atomic mass is 32.1. The largest absolute Gasteiger partial charge is 0.379 e. The molecule has 0 spiro atoms. The van der Waals surface area contributed by atoms with E-state index in [2.05, 4.69) is 32.1 Å². The van der Waals surface area contributed by atoms with Crippen LogP contribution in [0.3, 0.4) is 0 Å². The van der Waals surface area contributed by atoms with E-state index in [4.69, 9.17) is 4.74 Å². The molecule has 24 heavy (non-hydrogen) atoms. The Morgan fingerprint density at radius 3 is 2.92 bits per heavy atom. The van der Waals surface area contributed by atoms with Crippen LogP contribution in [0.5, 0.6) is 0 Å². The van der Waals surface area contributed by atoms with Crippen LogP contribution in [0.25, 0.3) is 10.6 Å². The van der Waals surface area contributed by atoms with Crippen LogP contribution in [0.4, 0.5) is 0 Å². The van der Waals surface area contributed by atoms with Gasteiger partial charge in [0.1, 0.15) is 0 Å². The molecule has 0 saturated carbocycles. The fourth-order valence-corrected chi connectivity index (χ4v) is 4.77. The zero-order valence-corrected chi connectivity index (χ0v) is 14.9. The van der Waals surface area contributed by atoms with Crippen LogP contribution in [0.2, 0.25) is 0 Å². The molecule has 0 aliphatic carbocycles. The number of hydrogen-bond donors (Lipinski definition) is 1. The number of ether oxygens (including phenoxy) is 1. The summed E-state index contributed by atoms with van der Waals surface area (Å²) in [6.07, 6.45) is 5.85. The number of likely N-dealkylation sites (tertiary alicyclic amines) is 1. The number of aromatic amines is 1. The molecule has 5 nitrogen and oxygen atoms in total. The third-order valence-corrected chi connectivity index (χ3v) is 6.21. The van der Waals surface area contributed by atoms with Gasteiger partial charge >= 0.3 is 0 Å². The molecule has 130 valence electrons. The van der Waals surface area contributed by atoms with E-state index in [0.29, 0.717) is 6.04 Å². The second-order valence-electron chi connectivity index (χ2n) is 6.77. The number of aromatic nitrogens is 2. The van der Waals surface area contributed by atoms with Crippen molar-refractivity contribution in [2.45, 2.75) is 31.8 Å². The van der Waals surface area contributed by atoms with Crippen molar-refractivity contribution in [3.8, 4) is 10.6 Å². The molecule has 2 aliphatic heterocycles. The van der Waals surface area contributed by atoms with Crippen molar-refractivity contribution in [1.82, 2.24) is 20.0 Å². The lowest BCUT2D eigenvalue weighted by atomic mass is 10.0. The first-order valence-corrected chi connectivity index (χ1v) is 9.83. The van der Waals surface area contributed by atoms with Crippen LogP contribution in [-0.2, 0) is 11.3 Å². The summed E-state index contributed by atoms with van der Waals surface area (Å²) in [5.41, 5.74) is 1.12. The zero-order valence-electron chi connectivity index (χ0n) is 14.1. The van der Waals surface area contributed by atoms with Crippen molar-refractivity contribution in [2.75, 3.05) is 39.4 Å². The summed E-state index contributed by atoms with van der Waals surface area (Å²) in [5.74, 6) is 0. The van der Waals surface area contributed by atoms with Crippen LogP contribution in [-0.4, -0.2) is 65.4 Å². The van der Waals surface area contributed by atoms with E-state index >= 15 is 0 Å². The zero-order chi connectivity index (χ0) is 16.2. The molecule has 0 aromatic carbocycles. The standard InChI is InChI=1S/C18H26N4OS/c1-2-8-22(15(3-1)13-21-9-11-23-12-10-21)14-16-4-5-18(24-16)17-6-7-19-20-17/h4-7,15H,1-3,8-14H2,(H,19,20)/t15-/m1/s1. The average Bonchev–Trinajstić information content (AvgIpc) is 3.29. The van der Waals surface area contributed by atoms with Crippen molar-refractivity contribution in [1.29, 1.82) is 0 Å². The van der Waals surface area contributed by atoms with Gasteiger partial charge < -0.3 is 4.74 Å². The molecule has 1 atom stereocenters. The molecular weight excluding hydrogens is 320 g/mol. The Hall–Kier alpha value is -1.21. The van der Waals surface area contributed by atoms with Crippen LogP contribution in [0.15, 0.2) is 24.4 Å². The maximum Gasteiger partial charge on any atom is 0.0749 e. The summed E-state index contributed by atoms with van der Waals surface area (Å²) in [6, 6.07) is 7.22. The Morgan fingerprint density at radius 2 is 2.08 bits per heavy atom. The Bertz CT molecular complexity index is 621. The molecule has 0 amide bonds. The van der Waals surface area contributed by atoms with Crippen molar-refractivity contribution >= 4 is 11.3 Å². The summed E-state index contributed by atoms with van der Waals surface area (Å²) >= 11 is 1.89. The van der Waals surface area contributed by atoms with E-state index in [1.165, 1.54) is 42.1 Å². The van der Waals surface area contributed by atoms with Crippen molar-refractivity contribution in [3.63, 3.8) is 0 Å². The number of nitrogens with zero attached hydrogens (tertiary/aromatic N) is 3. The van der Waals surface area contributed by atoms with Gasteiger partial charge in [0.2, 0.25) is 0 Å². The lowest BCUT2D eigenvalue weighted by Crippen LogP contribution is -2.48. The minimum absolute atomic E-state index is 0.689. The molecular formula is C18H26N4OS. The lowest BCUT2D eigenvalue weighted by molar-refractivity contribution is 0.0155. The van der Waals surface area contributed by atoms with Gasteiger partial charge in [0.25, 0.3) is 0 Å². The topological polar surface area (TPSA) is 44.4 Å². The predicted molar refractivity (Wildman–Crippen MR) is 97.2 cm³/mol. The second-order valence-corrected chi connectivity index (χ2v) is 7.94. The van der Waals surface area contributed by atoms with Gasteiger partial charge in [-0.1, -0.05) is 6.42 Å². The van der Waals surface area contributed by atoms with Crippen LogP contribution < -0.4 is 0 Å². The summed E-state index contributed by atoms with van der Waals surface area (Å²) < 4.78 is 5.49. The third-order valence-electron chi connectivity index (χ3n) is 5.11. The predicted octanol–water partition coefficient (Wildman–Crippen LogP) is 2.82. The molecule has 2 aromatic rings. The van der Waals surface area contributed by atoms with Crippen LogP contribution >= 0.6 is 11.3 Å². The summed E-state index contributed by atoms with van der Waals surface area (Å²) in [6.45, 7) is 7.47. The van der Waals surface area contributed by atoms with Crippen LogP contribution in [0.1, 0.15) is 24.1 Å². The first-order valence-electron chi connectivity index (χ1n) is 9.01. The summed E-state index contributed by atoms with van der Waals surface area (Å²) in [4.78, 5) is 8.01. The fourth-order valence-electron chi connectivity index (χ4n) is 3.76. The molecule has 2 aliphatic rings. The highest BCUT2D eigenvalue weighted by molar-refractivity contribution is 7.15. The Balaban J connectivity index is 1.39. The lowest BCUT2D eigenvalue weighted by Gasteiger charge is -2.39. The minimum atomic E-state index is 0.689. The van der Waals surface area contributed by atoms with Gasteiger partial charge in [0, 0.05) is 43.3 Å². The number of H-pyrrole nitrogens is 1. The van der Waals surface area contributed by atoms with Gasteiger partial charge in [-0.25, -0.2) is 0 Å². The Labute approximate surface area is 147 Å². The minimum Gasteiger partial charge on any atom is -0.379 e. The normalized spacial score (nSPS) is 23.6. The second kappa shape index (κ2) is 7.78. The third kappa shape index (κ3) is 3.88. The average molecular weight is 346 g/mol. The Kier molecular flexibility index (Phi) is 5.27. The van der Waals surface area contributed by atoms with Gasteiger partial charge in [-0.15, -0.1) is 11.3 Å². The van der Waals surface area contributed by atoms with E-state index in [-0.39, 0.29) is 0 Å². The monoisotopic (exact) mass is 346 g/mol. The van der Waals surface area contributed by atoms with Crippen LogP contribution in [0, 0.1) is 0 Å². The maximum absolute atomic E-state index is 5.49. The first-order chi connectivity index (χ1) is 11.9.